The summed E-state index contributed by atoms with van der Waals surface area (Å²) in [4.78, 5) is 23.9. The third kappa shape index (κ3) is 6.80. The molecule has 0 unspecified atom stereocenters. The highest BCUT2D eigenvalue weighted by Gasteiger charge is 2.33. The molecule has 8 nitrogen and oxygen atoms in total. The van der Waals surface area contributed by atoms with E-state index in [1.165, 1.54) is 0 Å². The second-order valence-corrected chi connectivity index (χ2v) is 6.81. The number of hydrogen-bond donors (Lipinski definition) is 4. The van der Waals surface area contributed by atoms with Crippen molar-refractivity contribution in [1.29, 1.82) is 0 Å². The second kappa shape index (κ2) is 10.6. The van der Waals surface area contributed by atoms with E-state index in [0.29, 0.717) is 26.0 Å². The molecule has 1 aliphatic heterocycles. The molecule has 0 spiro atoms. The van der Waals surface area contributed by atoms with Gasteiger partial charge < -0.3 is 30.5 Å². The molecule has 1 saturated heterocycles. The van der Waals surface area contributed by atoms with Crippen molar-refractivity contribution in [2.24, 2.45) is 0 Å². The Kier molecular flexibility index (Phi) is 8.43. The van der Waals surface area contributed by atoms with E-state index in [-0.39, 0.29) is 43.2 Å². The highest BCUT2D eigenvalue weighted by Crippen LogP contribution is 2.22. The third-order valence-corrected chi connectivity index (χ3v) is 4.84. The first-order valence-corrected chi connectivity index (χ1v) is 9.21. The van der Waals surface area contributed by atoms with Gasteiger partial charge in [0.1, 0.15) is 6.10 Å². The molecule has 1 aliphatic carbocycles. The molecule has 0 aromatic carbocycles. The number of carbonyl (C=O) groups is 2. The number of ether oxygens (including phenoxy) is 2. The topological polar surface area (TPSA) is 109 Å². The Labute approximate surface area is 149 Å². The van der Waals surface area contributed by atoms with Gasteiger partial charge in [-0.25, -0.2) is 4.79 Å². The van der Waals surface area contributed by atoms with E-state index in [1.54, 1.807) is 7.11 Å². The molecule has 2 fully saturated rings. The Morgan fingerprint density at radius 1 is 1.16 bits per heavy atom. The van der Waals surface area contributed by atoms with E-state index >= 15 is 0 Å². The summed E-state index contributed by atoms with van der Waals surface area (Å²) in [6.07, 6.45) is 5.24. The van der Waals surface area contributed by atoms with Crippen LogP contribution in [0.15, 0.2) is 0 Å². The van der Waals surface area contributed by atoms with Gasteiger partial charge >= 0.3 is 6.03 Å². The number of aliphatic hydroxyl groups is 1. The predicted molar refractivity (Wildman–Crippen MR) is 92.2 cm³/mol. The molecule has 0 aromatic heterocycles. The first-order valence-electron chi connectivity index (χ1n) is 9.21. The zero-order valence-electron chi connectivity index (χ0n) is 15.0. The third-order valence-electron chi connectivity index (χ3n) is 4.84. The molecule has 0 aromatic rings. The summed E-state index contributed by atoms with van der Waals surface area (Å²) in [5.74, 6) is -0.0934. The van der Waals surface area contributed by atoms with Gasteiger partial charge in [0.05, 0.1) is 31.8 Å². The predicted octanol–water partition coefficient (Wildman–Crippen LogP) is 0.289. The Morgan fingerprint density at radius 2 is 1.92 bits per heavy atom. The van der Waals surface area contributed by atoms with Crippen LogP contribution in [0.3, 0.4) is 0 Å². The molecule has 144 valence electrons. The lowest BCUT2D eigenvalue weighted by Gasteiger charge is -2.36. The van der Waals surface area contributed by atoms with Gasteiger partial charge in [0.25, 0.3) is 0 Å². The van der Waals surface area contributed by atoms with Crippen LogP contribution in [0.2, 0.25) is 0 Å². The Hall–Kier alpha value is -1.38. The maximum Gasteiger partial charge on any atom is 0.315 e. The molecule has 3 atom stereocenters. The molecule has 0 radical (unpaired) electrons. The summed E-state index contributed by atoms with van der Waals surface area (Å²) in [5.41, 5.74) is 0. The van der Waals surface area contributed by atoms with Crippen LogP contribution in [0.5, 0.6) is 0 Å². The first-order chi connectivity index (χ1) is 12.1. The van der Waals surface area contributed by atoms with Crippen LogP contribution in [0.1, 0.15) is 44.9 Å². The van der Waals surface area contributed by atoms with E-state index in [9.17, 15) is 14.7 Å². The average molecular weight is 357 g/mol. The Bertz CT molecular complexity index is 429. The number of urea groups is 1. The Balaban J connectivity index is 1.72. The van der Waals surface area contributed by atoms with Crippen molar-refractivity contribution < 1.29 is 24.2 Å². The fourth-order valence-corrected chi connectivity index (χ4v) is 3.48. The highest BCUT2D eigenvalue weighted by molar-refractivity contribution is 5.76. The van der Waals surface area contributed by atoms with E-state index in [4.69, 9.17) is 9.47 Å². The van der Waals surface area contributed by atoms with Crippen LogP contribution in [0.4, 0.5) is 4.79 Å². The van der Waals surface area contributed by atoms with Crippen LogP contribution in [-0.2, 0) is 14.3 Å². The molecular weight excluding hydrogens is 326 g/mol. The molecule has 0 bridgehead atoms. The fourth-order valence-electron chi connectivity index (χ4n) is 3.48. The SMILES string of the molecule is COCCNC(=O)C[C@H]1CC[C@H](NC(=O)NC2CCCC2)[C@@H](CO)O1. The number of carbonyl (C=O) groups excluding carboxylic acids is 2. The van der Waals surface area contributed by atoms with Crippen molar-refractivity contribution in [3.8, 4) is 0 Å². The summed E-state index contributed by atoms with van der Waals surface area (Å²) in [7, 11) is 1.58. The van der Waals surface area contributed by atoms with Gasteiger partial charge in [0.2, 0.25) is 5.91 Å². The summed E-state index contributed by atoms with van der Waals surface area (Å²) < 4.78 is 10.7. The minimum Gasteiger partial charge on any atom is -0.394 e. The molecule has 2 rings (SSSR count). The van der Waals surface area contributed by atoms with E-state index in [0.717, 1.165) is 25.7 Å². The normalized spacial score (nSPS) is 27.0. The van der Waals surface area contributed by atoms with Crippen molar-refractivity contribution in [2.75, 3.05) is 26.9 Å². The zero-order valence-corrected chi connectivity index (χ0v) is 15.0. The van der Waals surface area contributed by atoms with Crippen LogP contribution >= 0.6 is 0 Å². The van der Waals surface area contributed by atoms with Gasteiger partial charge in [0, 0.05) is 19.7 Å². The molecule has 8 heteroatoms. The monoisotopic (exact) mass is 357 g/mol. The van der Waals surface area contributed by atoms with Crippen molar-refractivity contribution >= 4 is 11.9 Å². The van der Waals surface area contributed by atoms with Crippen LogP contribution in [0.25, 0.3) is 0 Å². The maximum absolute atomic E-state index is 12.1. The summed E-state index contributed by atoms with van der Waals surface area (Å²) in [6, 6.07) is -0.186. The van der Waals surface area contributed by atoms with Crippen molar-refractivity contribution in [3.05, 3.63) is 0 Å². The van der Waals surface area contributed by atoms with Gasteiger partial charge in [-0.2, -0.15) is 0 Å². The minimum absolute atomic E-state index is 0.0934. The number of nitrogens with one attached hydrogen (secondary N) is 3. The van der Waals surface area contributed by atoms with Crippen LogP contribution in [-0.4, -0.2) is 68.2 Å². The molecule has 1 saturated carbocycles. The Morgan fingerprint density at radius 3 is 2.60 bits per heavy atom. The maximum atomic E-state index is 12.1. The van der Waals surface area contributed by atoms with Crippen LogP contribution in [0, 0.1) is 0 Å². The first kappa shape index (κ1) is 19.9. The quantitative estimate of drug-likeness (QED) is 0.467. The smallest absolute Gasteiger partial charge is 0.315 e. The van der Waals surface area contributed by atoms with Crippen LogP contribution < -0.4 is 16.0 Å². The molecular formula is C17H31N3O5. The van der Waals surface area contributed by atoms with Crippen molar-refractivity contribution in [1.82, 2.24) is 16.0 Å². The number of aliphatic hydroxyl groups excluding tert-OH is 1. The minimum atomic E-state index is -0.486. The number of rotatable bonds is 8. The average Bonchev–Trinajstić information content (AvgIpc) is 3.09. The van der Waals surface area contributed by atoms with Gasteiger partial charge in [-0.05, 0) is 25.7 Å². The summed E-state index contributed by atoms with van der Waals surface area (Å²) in [5, 5.41) is 18.2. The number of methoxy groups -OCH3 is 1. The lowest BCUT2D eigenvalue weighted by Crippen LogP contribution is -2.54. The van der Waals surface area contributed by atoms with Gasteiger partial charge in [0.15, 0.2) is 0 Å². The second-order valence-electron chi connectivity index (χ2n) is 6.81. The summed E-state index contributed by atoms with van der Waals surface area (Å²) >= 11 is 0. The largest absolute Gasteiger partial charge is 0.394 e. The number of amides is 3. The molecule has 4 N–H and O–H groups in total. The number of hydrogen-bond acceptors (Lipinski definition) is 5. The van der Waals surface area contributed by atoms with E-state index < -0.39 is 6.10 Å². The van der Waals surface area contributed by atoms with E-state index in [1.807, 2.05) is 0 Å². The molecule has 2 aliphatic rings. The lowest BCUT2D eigenvalue weighted by molar-refractivity contribution is -0.130. The van der Waals surface area contributed by atoms with Gasteiger partial charge in [-0.1, -0.05) is 12.8 Å². The molecule has 1 heterocycles. The van der Waals surface area contributed by atoms with E-state index in [2.05, 4.69) is 16.0 Å². The van der Waals surface area contributed by atoms with Crippen molar-refractivity contribution in [3.63, 3.8) is 0 Å². The zero-order chi connectivity index (χ0) is 18.1. The van der Waals surface area contributed by atoms with Gasteiger partial charge in [-0.3, -0.25) is 4.79 Å². The summed E-state index contributed by atoms with van der Waals surface area (Å²) in [6.45, 7) is 0.756. The highest BCUT2D eigenvalue weighted by atomic mass is 16.5. The fraction of sp³-hybridized carbons (Fsp3) is 0.882. The molecule has 3 amide bonds. The van der Waals surface area contributed by atoms with Gasteiger partial charge in [-0.15, -0.1) is 0 Å². The van der Waals surface area contributed by atoms with Crippen molar-refractivity contribution in [2.45, 2.75) is 69.2 Å². The molecule has 25 heavy (non-hydrogen) atoms. The standard InChI is InChI=1S/C17H31N3O5/c1-24-9-8-18-16(22)10-13-6-7-14(15(11-21)25-13)20-17(23)19-12-4-2-3-5-12/h12-15,21H,2-11H2,1H3,(H,18,22)(H2,19,20,23)/t13-,14+,15-/m1/s1. The lowest BCUT2D eigenvalue weighted by atomic mass is 9.97.